The number of hydrogen-bond donors (Lipinski definition) is 0. The quantitative estimate of drug-likeness (QED) is 0.566. The maximum Gasteiger partial charge on any atom is 0.185 e. The molecule has 2 heterocycles. The minimum Gasteiger partial charge on any atom is -0.497 e. The van der Waals surface area contributed by atoms with Crippen LogP contribution in [0.2, 0.25) is 0 Å². The molecule has 0 N–H and O–H groups in total. The molecule has 0 radical (unpaired) electrons. The molecular weight excluding hydrogens is 420 g/mol. The molecule has 6 nitrogen and oxygen atoms in total. The number of aromatic nitrogens is 1. The fourth-order valence-corrected chi connectivity index (χ4v) is 6.32. The van der Waals surface area contributed by atoms with E-state index in [2.05, 4.69) is 4.90 Å². The molecule has 1 aliphatic rings. The predicted octanol–water partition coefficient (Wildman–Crippen LogP) is 4.27. The fourth-order valence-electron chi connectivity index (χ4n) is 3.70. The lowest BCUT2D eigenvalue weighted by Gasteiger charge is -2.31. The summed E-state index contributed by atoms with van der Waals surface area (Å²) in [6, 6.07) is 14.4. The smallest absolute Gasteiger partial charge is 0.185 e. The van der Waals surface area contributed by atoms with Crippen molar-refractivity contribution in [2.24, 2.45) is 0 Å². The molecule has 30 heavy (non-hydrogen) atoms. The maximum absolute atomic E-state index is 13.0. The van der Waals surface area contributed by atoms with E-state index in [1.54, 1.807) is 49.8 Å². The van der Waals surface area contributed by atoms with Crippen LogP contribution in [0.5, 0.6) is 11.5 Å². The summed E-state index contributed by atoms with van der Waals surface area (Å²) in [4.78, 5) is 7.30. The van der Waals surface area contributed by atoms with Crippen LogP contribution in [0.3, 0.4) is 0 Å². The van der Waals surface area contributed by atoms with Gasteiger partial charge in [0.25, 0.3) is 0 Å². The van der Waals surface area contributed by atoms with Crippen molar-refractivity contribution in [3.8, 4) is 22.8 Å². The number of hydrogen-bond acceptors (Lipinski definition) is 7. The first-order chi connectivity index (χ1) is 14.5. The van der Waals surface area contributed by atoms with Gasteiger partial charge in [-0.15, -0.1) is 11.3 Å². The van der Waals surface area contributed by atoms with E-state index >= 15 is 0 Å². The van der Waals surface area contributed by atoms with Gasteiger partial charge in [-0.1, -0.05) is 12.1 Å². The number of benzene rings is 2. The molecule has 4 rings (SSSR count). The van der Waals surface area contributed by atoms with Crippen molar-refractivity contribution in [3.05, 3.63) is 53.9 Å². The van der Waals surface area contributed by atoms with E-state index in [0.717, 1.165) is 22.1 Å². The van der Waals surface area contributed by atoms with Gasteiger partial charge >= 0.3 is 0 Å². The molecule has 2 aromatic carbocycles. The zero-order valence-electron chi connectivity index (χ0n) is 16.9. The van der Waals surface area contributed by atoms with E-state index in [4.69, 9.17) is 14.5 Å². The second-order valence-electron chi connectivity index (χ2n) is 7.12. The minimum absolute atomic E-state index is 0.356. The van der Waals surface area contributed by atoms with Gasteiger partial charge in [0, 0.05) is 24.0 Å². The van der Waals surface area contributed by atoms with Crippen LogP contribution in [-0.4, -0.2) is 46.0 Å². The van der Waals surface area contributed by atoms with E-state index in [1.165, 1.54) is 0 Å². The first-order valence-electron chi connectivity index (χ1n) is 9.74. The number of rotatable bonds is 6. The molecule has 0 spiro atoms. The van der Waals surface area contributed by atoms with Gasteiger partial charge in [0.2, 0.25) is 0 Å². The van der Waals surface area contributed by atoms with Crippen molar-refractivity contribution in [1.82, 2.24) is 4.98 Å². The number of piperidine rings is 1. The van der Waals surface area contributed by atoms with Crippen LogP contribution in [0.1, 0.15) is 12.8 Å². The highest BCUT2D eigenvalue weighted by Crippen LogP contribution is 2.35. The van der Waals surface area contributed by atoms with Gasteiger partial charge in [0.1, 0.15) is 11.5 Å². The Morgan fingerprint density at radius 2 is 1.70 bits per heavy atom. The van der Waals surface area contributed by atoms with Crippen molar-refractivity contribution in [1.29, 1.82) is 0 Å². The number of methoxy groups -OCH3 is 2. The number of ether oxygens (including phenoxy) is 2. The molecule has 0 atom stereocenters. The molecule has 1 aromatic heterocycles. The Hall–Kier alpha value is -2.58. The van der Waals surface area contributed by atoms with Crippen molar-refractivity contribution in [2.75, 3.05) is 32.2 Å². The summed E-state index contributed by atoms with van der Waals surface area (Å²) in [5.41, 5.74) is 1.83. The summed E-state index contributed by atoms with van der Waals surface area (Å²) in [7, 11) is -0.136. The molecule has 8 heteroatoms. The van der Waals surface area contributed by atoms with Gasteiger partial charge in [-0.2, -0.15) is 0 Å². The molecule has 1 saturated heterocycles. The third-order valence-corrected chi connectivity index (χ3v) is 8.59. The Morgan fingerprint density at radius 1 is 1.00 bits per heavy atom. The van der Waals surface area contributed by atoms with E-state index < -0.39 is 9.84 Å². The third-order valence-electron chi connectivity index (χ3n) is 5.41. The van der Waals surface area contributed by atoms with E-state index in [0.29, 0.717) is 36.6 Å². The van der Waals surface area contributed by atoms with Crippen LogP contribution < -0.4 is 14.4 Å². The lowest BCUT2D eigenvalue weighted by Crippen LogP contribution is -2.39. The van der Waals surface area contributed by atoms with E-state index in [1.807, 2.05) is 29.6 Å². The zero-order chi connectivity index (χ0) is 21.1. The first kappa shape index (κ1) is 20.7. The number of para-hydroxylation sites is 1. The summed E-state index contributed by atoms with van der Waals surface area (Å²) in [5, 5.41) is 2.56. The van der Waals surface area contributed by atoms with Gasteiger partial charge in [-0.25, -0.2) is 13.4 Å². The number of thiazole rings is 1. The van der Waals surface area contributed by atoms with Crippen molar-refractivity contribution in [2.45, 2.75) is 23.0 Å². The van der Waals surface area contributed by atoms with Crippen LogP contribution in [0.25, 0.3) is 11.3 Å². The minimum atomic E-state index is -3.36. The van der Waals surface area contributed by atoms with Crippen molar-refractivity contribution in [3.63, 3.8) is 0 Å². The molecule has 0 unspecified atom stereocenters. The lowest BCUT2D eigenvalue weighted by molar-refractivity contribution is 0.414. The first-order valence-corrected chi connectivity index (χ1v) is 12.2. The molecule has 0 bridgehead atoms. The molecule has 3 aromatic rings. The maximum atomic E-state index is 13.0. The average Bonchev–Trinajstić information content (AvgIpc) is 3.29. The van der Waals surface area contributed by atoms with Crippen LogP contribution in [0, 0.1) is 0 Å². The topological polar surface area (TPSA) is 68.7 Å². The standard InChI is InChI=1S/C22H24N2O4S2/c1-27-16-7-9-17(10-8-16)30(25,26)18-11-13-24(14-12-18)22-23-20(15-29-22)19-5-3-4-6-21(19)28-2/h3-10,15,18H,11-14H2,1-2H3. The monoisotopic (exact) mass is 444 g/mol. The Labute approximate surface area is 181 Å². The second kappa shape index (κ2) is 8.65. The number of sulfone groups is 1. The fraction of sp³-hybridized carbons (Fsp3) is 0.318. The molecule has 0 amide bonds. The Morgan fingerprint density at radius 3 is 2.37 bits per heavy atom. The Balaban J connectivity index is 1.45. The van der Waals surface area contributed by atoms with Crippen molar-refractivity contribution >= 4 is 26.3 Å². The second-order valence-corrected chi connectivity index (χ2v) is 10.2. The highest BCUT2D eigenvalue weighted by molar-refractivity contribution is 7.92. The van der Waals surface area contributed by atoms with Crippen LogP contribution >= 0.6 is 11.3 Å². The summed E-state index contributed by atoms with van der Waals surface area (Å²) >= 11 is 1.58. The molecular formula is C22H24N2O4S2. The summed E-state index contributed by atoms with van der Waals surface area (Å²) < 4.78 is 36.6. The predicted molar refractivity (Wildman–Crippen MR) is 120 cm³/mol. The van der Waals surface area contributed by atoms with Gasteiger partial charge in [0.15, 0.2) is 15.0 Å². The van der Waals surface area contributed by atoms with Crippen LogP contribution in [-0.2, 0) is 9.84 Å². The highest BCUT2D eigenvalue weighted by atomic mass is 32.2. The number of nitrogens with zero attached hydrogens (tertiary/aromatic N) is 2. The molecule has 1 fully saturated rings. The molecule has 1 aliphatic heterocycles. The zero-order valence-corrected chi connectivity index (χ0v) is 18.6. The van der Waals surface area contributed by atoms with Gasteiger partial charge in [0.05, 0.1) is 30.1 Å². The largest absolute Gasteiger partial charge is 0.497 e. The van der Waals surface area contributed by atoms with E-state index in [-0.39, 0.29) is 5.25 Å². The Bertz CT molecular complexity index is 1100. The SMILES string of the molecule is COc1ccc(S(=O)(=O)C2CCN(c3nc(-c4ccccc4OC)cs3)CC2)cc1. The normalized spacial score (nSPS) is 15.2. The summed E-state index contributed by atoms with van der Waals surface area (Å²) in [5.74, 6) is 1.44. The molecule has 0 saturated carbocycles. The molecule has 0 aliphatic carbocycles. The lowest BCUT2D eigenvalue weighted by atomic mass is 10.1. The summed E-state index contributed by atoms with van der Waals surface area (Å²) in [6.45, 7) is 1.33. The molecule has 158 valence electrons. The van der Waals surface area contributed by atoms with Crippen LogP contribution in [0.4, 0.5) is 5.13 Å². The van der Waals surface area contributed by atoms with E-state index in [9.17, 15) is 8.42 Å². The Kier molecular flexibility index (Phi) is 5.97. The van der Waals surface area contributed by atoms with Gasteiger partial charge in [-0.3, -0.25) is 0 Å². The van der Waals surface area contributed by atoms with Crippen molar-refractivity contribution < 1.29 is 17.9 Å². The van der Waals surface area contributed by atoms with Gasteiger partial charge in [-0.05, 0) is 49.2 Å². The van der Waals surface area contributed by atoms with Gasteiger partial charge < -0.3 is 14.4 Å². The average molecular weight is 445 g/mol. The summed E-state index contributed by atoms with van der Waals surface area (Å²) in [6.07, 6.45) is 1.16. The third kappa shape index (κ3) is 4.02. The highest BCUT2D eigenvalue weighted by Gasteiger charge is 2.32. The van der Waals surface area contributed by atoms with Crippen LogP contribution in [0.15, 0.2) is 58.8 Å². The number of anilines is 1.